The van der Waals surface area contributed by atoms with Crippen molar-refractivity contribution in [3.05, 3.63) is 76.8 Å². The molecule has 138 valence electrons. The summed E-state index contributed by atoms with van der Waals surface area (Å²) in [5, 5.41) is 2.38. The van der Waals surface area contributed by atoms with Crippen LogP contribution in [0.3, 0.4) is 0 Å². The van der Waals surface area contributed by atoms with E-state index in [4.69, 9.17) is 4.74 Å². The Labute approximate surface area is 161 Å². The van der Waals surface area contributed by atoms with E-state index in [1.165, 1.54) is 16.9 Å². The second-order valence-electron chi connectivity index (χ2n) is 5.85. The van der Waals surface area contributed by atoms with Crippen molar-refractivity contribution in [2.75, 3.05) is 6.61 Å². The van der Waals surface area contributed by atoms with Gasteiger partial charge >= 0.3 is 6.09 Å². The van der Waals surface area contributed by atoms with Crippen LogP contribution in [0.2, 0.25) is 0 Å². The first-order valence-electron chi connectivity index (χ1n) is 8.41. The van der Waals surface area contributed by atoms with E-state index in [1.807, 2.05) is 61.5 Å². The highest BCUT2D eigenvalue weighted by atomic mass is 32.1. The Bertz CT molecular complexity index is 908. The van der Waals surface area contributed by atoms with Gasteiger partial charge in [-0.15, -0.1) is 11.3 Å². The number of aryl methyl sites for hydroxylation is 1. The van der Waals surface area contributed by atoms with Gasteiger partial charge in [-0.1, -0.05) is 60.2 Å². The molecule has 0 aliphatic heterocycles. The molecule has 0 fully saturated rings. The van der Waals surface area contributed by atoms with Crippen molar-refractivity contribution in [3.63, 3.8) is 0 Å². The van der Waals surface area contributed by atoms with E-state index < -0.39 is 12.0 Å². The summed E-state index contributed by atoms with van der Waals surface area (Å²) in [6.07, 6.45) is -0.109. The van der Waals surface area contributed by atoms with Crippen LogP contribution in [-0.4, -0.2) is 23.6 Å². The standard InChI is InChI=1S/C20H19N3O3S/c1-14-7-9-15(10-8-14)11-12-26-20(25)23-22-18(24)17-13-27-19(21-17)16-5-3-2-4-6-16/h2-10,13H,11-12H2,1H3,(H,22,24)(H,23,25). The molecule has 1 heterocycles. The summed E-state index contributed by atoms with van der Waals surface area (Å²) in [6.45, 7) is 2.24. The number of benzene rings is 2. The van der Waals surface area contributed by atoms with Gasteiger partial charge in [-0.2, -0.15) is 0 Å². The zero-order valence-electron chi connectivity index (χ0n) is 14.8. The molecule has 1 aromatic heterocycles. The van der Waals surface area contributed by atoms with Gasteiger partial charge in [-0.25, -0.2) is 15.2 Å². The van der Waals surface area contributed by atoms with Crippen molar-refractivity contribution in [2.45, 2.75) is 13.3 Å². The minimum absolute atomic E-state index is 0.222. The number of ether oxygens (including phenoxy) is 1. The number of amides is 2. The highest BCUT2D eigenvalue weighted by Crippen LogP contribution is 2.23. The summed E-state index contributed by atoms with van der Waals surface area (Å²) in [5.74, 6) is -0.496. The fourth-order valence-corrected chi connectivity index (χ4v) is 3.12. The van der Waals surface area contributed by atoms with E-state index in [2.05, 4.69) is 15.8 Å². The molecule has 2 aromatic carbocycles. The molecule has 0 unspecified atom stereocenters. The van der Waals surface area contributed by atoms with E-state index in [0.717, 1.165) is 16.1 Å². The van der Waals surface area contributed by atoms with Gasteiger partial charge < -0.3 is 4.74 Å². The lowest BCUT2D eigenvalue weighted by molar-refractivity contribution is 0.0906. The number of thiazole rings is 1. The highest BCUT2D eigenvalue weighted by Gasteiger charge is 2.13. The van der Waals surface area contributed by atoms with Crippen molar-refractivity contribution in [1.82, 2.24) is 15.8 Å². The summed E-state index contributed by atoms with van der Waals surface area (Å²) in [4.78, 5) is 28.0. The Morgan fingerprint density at radius 2 is 1.78 bits per heavy atom. The van der Waals surface area contributed by atoms with Gasteiger partial charge in [0.05, 0.1) is 6.61 Å². The molecule has 0 atom stereocenters. The Balaban J connectivity index is 1.43. The smallest absolute Gasteiger partial charge is 0.426 e. The predicted octanol–water partition coefficient (Wildman–Crippen LogP) is 3.73. The number of carbonyl (C=O) groups is 2. The van der Waals surface area contributed by atoms with Crippen LogP contribution in [0.15, 0.2) is 60.0 Å². The number of rotatable bonds is 5. The van der Waals surface area contributed by atoms with Crippen LogP contribution in [0.25, 0.3) is 10.6 Å². The maximum Gasteiger partial charge on any atom is 0.426 e. The zero-order chi connectivity index (χ0) is 19.1. The summed E-state index contributed by atoms with van der Waals surface area (Å²) >= 11 is 1.36. The first-order chi connectivity index (χ1) is 13.1. The van der Waals surface area contributed by atoms with E-state index in [-0.39, 0.29) is 12.3 Å². The molecule has 2 amide bonds. The lowest BCUT2D eigenvalue weighted by atomic mass is 10.1. The van der Waals surface area contributed by atoms with Crippen LogP contribution in [0.1, 0.15) is 21.6 Å². The summed E-state index contributed by atoms with van der Waals surface area (Å²) in [7, 11) is 0. The van der Waals surface area contributed by atoms with E-state index in [0.29, 0.717) is 6.42 Å². The third-order valence-electron chi connectivity index (χ3n) is 3.78. The molecule has 0 spiro atoms. The molecule has 0 saturated heterocycles. The van der Waals surface area contributed by atoms with Crippen molar-refractivity contribution in [2.24, 2.45) is 0 Å². The molecule has 0 aliphatic carbocycles. The Kier molecular flexibility index (Phi) is 6.17. The molecule has 6 nitrogen and oxygen atoms in total. The molecular weight excluding hydrogens is 362 g/mol. The third-order valence-corrected chi connectivity index (χ3v) is 4.67. The molecule has 0 radical (unpaired) electrons. The third kappa shape index (κ3) is 5.39. The molecule has 7 heteroatoms. The number of nitrogens with one attached hydrogen (secondary N) is 2. The number of hydrogen-bond donors (Lipinski definition) is 2. The van der Waals surface area contributed by atoms with Crippen LogP contribution in [0, 0.1) is 6.92 Å². The quantitative estimate of drug-likeness (QED) is 0.660. The van der Waals surface area contributed by atoms with Gasteiger partial charge in [0.25, 0.3) is 5.91 Å². The fraction of sp³-hybridized carbons (Fsp3) is 0.150. The average molecular weight is 381 g/mol. The van der Waals surface area contributed by atoms with Gasteiger partial charge in [-0.05, 0) is 12.5 Å². The highest BCUT2D eigenvalue weighted by molar-refractivity contribution is 7.13. The van der Waals surface area contributed by atoms with Gasteiger partial charge in [-0.3, -0.25) is 10.2 Å². The second kappa shape index (κ2) is 8.95. The van der Waals surface area contributed by atoms with Crippen molar-refractivity contribution < 1.29 is 14.3 Å². The van der Waals surface area contributed by atoms with Gasteiger partial charge in [0, 0.05) is 17.4 Å². The largest absolute Gasteiger partial charge is 0.448 e. The number of carbonyl (C=O) groups excluding carboxylic acids is 2. The van der Waals surface area contributed by atoms with E-state index in [9.17, 15) is 9.59 Å². The van der Waals surface area contributed by atoms with Gasteiger partial charge in [0.15, 0.2) is 0 Å². The van der Waals surface area contributed by atoms with Gasteiger partial charge in [0.1, 0.15) is 10.7 Å². The Morgan fingerprint density at radius 1 is 1.04 bits per heavy atom. The number of aromatic nitrogens is 1. The summed E-state index contributed by atoms with van der Waals surface area (Å²) in [6, 6.07) is 17.6. The molecule has 3 aromatic rings. The molecule has 2 N–H and O–H groups in total. The van der Waals surface area contributed by atoms with Crippen molar-refractivity contribution in [1.29, 1.82) is 0 Å². The second-order valence-corrected chi connectivity index (χ2v) is 6.71. The average Bonchev–Trinajstić information content (AvgIpc) is 3.19. The Morgan fingerprint density at radius 3 is 2.52 bits per heavy atom. The molecule has 0 aliphatic rings. The minimum Gasteiger partial charge on any atom is -0.448 e. The lowest BCUT2D eigenvalue weighted by Gasteiger charge is -2.07. The van der Waals surface area contributed by atoms with E-state index >= 15 is 0 Å². The normalized spacial score (nSPS) is 10.3. The van der Waals surface area contributed by atoms with Crippen LogP contribution in [-0.2, 0) is 11.2 Å². The molecule has 0 saturated carbocycles. The van der Waals surface area contributed by atoms with Crippen LogP contribution in [0.5, 0.6) is 0 Å². The van der Waals surface area contributed by atoms with E-state index in [1.54, 1.807) is 5.38 Å². The van der Waals surface area contributed by atoms with Crippen LogP contribution >= 0.6 is 11.3 Å². The topological polar surface area (TPSA) is 80.3 Å². The number of nitrogens with zero attached hydrogens (tertiary/aromatic N) is 1. The lowest BCUT2D eigenvalue weighted by Crippen LogP contribution is -2.42. The molecular formula is C20H19N3O3S. The monoisotopic (exact) mass is 381 g/mol. The zero-order valence-corrected chi connectivity index (χ0v) is 15.6. The molecule has 27 heavy (non-hydrogen) atoms. The maximum absolute atomic E-state index is 12.1. The van der Waals surface area contributed by atoms with Crippen molar-refractivity contribution >= 4 is 23.3 Å². The predicted molar refractivity (Wildman–Crippen MR) is 104 cm³/mol. The summed E-state index contributed by atoms with van der Waals surface area (Å²) < 4.78 is 5.05. The number of hydrazine groups is 1. The minimum atomic E-state index is -0.714. The maximum atomic E-state index is 12.1. The first-order valence-corrected chi connectivity index (χ1v) is 9.29. The number of hydrogen-bond acceptors (Lipinski definition) is 5. The molecule has 3 rings (SSSR count). The first kappa shape index (κ1) is 18.6. The van der Waals surface area contributed by atoms with Crippen molar-refractivity contribution in [3.8, 4) is 10.6 Å². The fourth-order valence-electron chi connectivity index (χ4n) is 2.32. The van der Waals surface area contributed by atoms with Crippen LogP contribution < -0.4 is 10.9 Å². The van der Waals surface area contributed by atoms with Crippen LogP contribution in [0.4, 0.5) is 4.79 Å². The molecule has 0 bridgehead atoms. The van der Waals surface area contributed by atoms with Gasteiger partial charge in [0.2, 0.25) is 0 Å². The SMILES string of the molecule is Cc1ccc(CCOC(=O)NNC(=O)c2csc(-c3ccccc3)n2)cc1. The summed E-state index contributed by atoms with van der Waals surface area (Å²) in [5.41, 5.74) is 7.96. The Hall–Kier alpha value is -3.19.